The molecular formula is C12H17N3OS2. The summed E-state index contributed by atoms with van der Waals surface area (Å²) in [6.45, 7) is 2.41. The molecule has 1 aromatic heterocycles. The lowest BCUT2D eigenvalue weighted by atomic mass is 10.5. The van der Waals surface area contributed by atoms with Crippen LogP contribution >= 0.6 is 23.5 Å². The van der Waals surface area contributed by atoms with Crippen molar-refractivity contribution in [2.24, 2.45) is 0 Å². The number of aromatic nitrogens is 1. The Hall–Kier alpha value is -0.880. The van der Waals surface area contributed by atoms with Crippen molar-refractivity contribution in [1.82, 2.24) is 15.2 Å². The molecule has 0 spiro atoms. The van der Waals surface area contributed by atoms with Crippen molar-refractivity contribution in [3.05, 3.63) is 24.4 Å². The number of hydrogen-bond donors (Lipinski definition) is 1. The van der Waals surface area contributed by atoms with Crippen LogP contribution in [0, 0.1) is 0 Å². The minimum Gasteiger partial charge on any atom is -0.337 e. The number of carbonyl (C=O) groups is 1. The van der Waals surface area contributed by atoms with E-state index in [1.807, 2.05) is 34.9 Å². The van der Waals surface area contributed by atoms with Crippen LogP contribution in [-0.4, -0.2) is 52.8 Å². The van der Waals surface area contributed by atoms with Crippen molar-refractivity contribution in [1.29, 1.82) is 0 Å². The summed E-state index contributed by atoms with van der Waals surface area (Å²) in [5, 5.41) is 3.95. The van der Waals surface area contributed by atoms with Crippen molar-refractivity contribution >= 4 is 29.6 Å². The molecule has 2 heterocycles. The largest absolute Gasteiger partial charge is 0.337 e. The number of rotatable bonds is 4. The molecular weight excluding hydrogens is 266 g/mol. The van der Waals surface area contributed by atoms with Crippen molar-refractivity contribution in [3.8, 4) is 0 Å². The van der Waals surface area contributed by atoms with Crippen LogP contribution in [-0.2, 0) is 0 Å². The van der Waals surface area contributed by atoms with E-state index in [1.54, 1.807) is 18.0 Å². The number of carbonyl (C=O) groups excluding carboxylic acids is 1. The summed E-state index contributed by atoms with van der Waals surface area (Å²) >= 11 is 3.57. The van der Waals surface area contributed by atoms with E-state index in [9.17, 15) is 4.79 Å². The number of amides is 2. The van der Waals surface area contributed by atoms with Crippen LogP contribution in [0.15, 0.2) is 29.4 Å². The van der Waals surface area contributed by atoms with Gasteiger partial charge in [0.2, 0.25) is 0 Å². The zero-order valence-electron chi connectivity index (χ0n) is 10.2. The zero-order chi connectivity index (χ0) is 12.6. The first kappa shape index (κ1) is 13.5. The molecule has 1 aromatic rings. The van der Waals surface area contributed by atoms with Crippen molar-refractivity contribution in [2.75, 3.05) is 36.9 Å². The van der Waals surface area contributed by atoms with Gasteiger partial charge in [-0.05, 0) is 12.1 Å². The number of hydrogen-bond acceptors (Lipinski definition) is 4. The first-order valence-electron chi connectivity index (χ1n) is 6.00. The molecule has 0 atom stereocenters. The molecule has 1 aliphatic rings. The average Bonchev–Trinajstić information content (AvgIpc) is 2.45. The summed E-state index contributed by atoms with van der Waals surface area (Å²) in [6, 6.07) is 5.92. The summed E-state index contributed by atoms with van der Waals surface area (Å²) in [5.74, 6) is 2.96. The molecule has 6 heteroatoms. The third-order valence-electron chi connectivity index (χ3n) is 2.56. The lowest BCUT2D eigenvalue weighted by Gasteiger charge is -2.26. The van der Waals surface area contributed by atoms with Gasteiger partial charge >= 0.3 is 6.03 Å². The molecule has 4 nitrogen and oxygen atoms in total. The lowest BCUT2D eigenvalue weighted by molar-refractivity contribution is 0.204. The number of thioether (sulfide) groups is 2. The second-order valence-corrected chi connectivity index (χ2v) is 6.19. The van der Waals surface area contributed by atoms with Crippen LogP contribution in [0.25, 0.3) is 0 Å². The van der Waals surface area contributed by atoms with Crippen molar-refractivity contribution < 1.29 is 4.79 Å². The smallest absolute Gasteiger partial charge is 0.317 e. The molecule has 2 amide bonds. The molecule has 0 saturated carbocycles. The summed E-state index contributed by atoms with van der Waals surface area (Å²) in [6.07, 6.45) is 1.78. The highest BCUT2D eigenvalue weighted by molar-refractivity contribution is 7.99. The van der Waals surface area contributed by atoms with E-state index in [0.29, 0.717) is 6.54 Å². The molecule has 18 heavy (non-hydrogen) atoms. The van der Waals surface area contributed by atoms with Gasteiger partial charge < -0.3 is 10.2 Å². The minimum absolute atomic E-state index is 0.0666. The Morgan fingerprint density at radius 3 is 3.00 bits per heavy atom. The molecule has 0 bridgehead atoms. The number of nitrogens with one attached hydrogen (secondary N) is 1. The number of urea groups is 1. The Bertz CT molecular complexity index is 369. The minimum atomic E-state index is 0.0666. The molecule has 0 unspecified atom stereocenters. The van der Waals surface area contributed by atoms with Gasteiger partial charge in [-0.15, -0.1) is 11.8 Å². The van der Waals surface area contributed by atoms with E-state index in [4.69, 9.17) is 0 Å². The predicted octanol–water partition coefficient (Wildman–Crippen LogP) is 1.93. The normalized spacial score (nSPS) is 15.4. The van der Waals surface area contributed by atoms with Crippen LogP contribution < -0.4 is 5.32 Å². The molecule has 1 saturated heterocycles. The van der Waals surface area contributed by atoms with Gasteiger partial charge in [-0.25, -0.2) is 9.78 Å². The van der Waals surface area contributed by atoms with Crippen LogP contribution in [0.4, 0.5) is 4.79 Å². The van der Waals surface area contributed by atoms with E-state index < -0.39 is 0 Å². The Kier molecular flexibility index (Phi) is 5.67. The van der Waals surface area contributed by atoms with Crippen LogP contribution in [0.1, 0.15) is 0 Å². The van der Waals surface area contributed by atoms with Gasteiger partial charge in [0.05, 0.1) is 5.03 Å². The lowest BCUT2D eigenvalue weighted by Crippen LogP contribution is -2.44. The maximum absolute atomic E-state index is 11.8. The fraction of sp³-hybridized carbons (Fsp3) is 0.500. The molecule has 0 aromatic carbocycles. The monoisotopic (exact) mass is 283 g/mol. The van der Waals surface area contributed by atoms with E-state index in [-0.39, 0.29) is 6.03 Å². The summed E-state index contributed by atoms with van der Waals surface area (Å²) in [7, 11) is 0. The Balaban J connectivity index is 1.61. The van der Waals surface area contributed by atoms with Crippen LogP contribution in [0.3, 0.4) is 0 Å². The third-order valence-corrected chi connectivity index (χ3v) is 4.45. The standard InChI is InChI=1S/C12H17N3OS2/c16-12(15-6-9-17-10-7-15)14-5-8-18-11-3-1-2-4-13-11/h1-4H,5-10H2,(H,14,16). The molecule has 1 N–H and O–H groups in total. The van der Waals surface area contributed by atoms with Gasteiger partial charge in [0.25, 0.3) is 0 Å². The number of pyridine rings is 1. The second kappa shape index (κ2) is 7.53. The van der Waals surface area contributed by atoms with Gasteiger partial charge in [-0.1, -0.05) is 6.07 Å². The van der Waals surface area contributed by atoms with Crippen LogP contribution in [0.5, 0.6) is 0 Å². The first-order valence-corrected chi connectivity index (χ1v) is 8.14. The first-order chi connectivity index (χ1) is 8.86. The Morgan fingerprint density at radius 1 is 1.44 bits per heavy atom. The molecule has 0 radical (unpaired) electrons. The topological polar surface area (TPSA) is 45.2 Å². The highest BCUT2D eigenvalue weighted by atomic mass is 32.2. The predicted molar refractivity (Wildman–Crippen MR) is 77.3 cm³/mol. The zero-order valence-corrected chi connectivity index (χ0v) is 11.8. The summed E-state index contributed by atoms with van der Waals surface area (Å²) in [4.78, 5) is 17.9. The van der Waals surface area contributed by atoms with Crippen LogP contribution in [0.2, 0.25) is 0 Å². The summed E-state index contributed by atoms with van der Waals surface area (Å²) in [5.41, 5.74) is 0. The molecule has 98 valence electrons. The fourth-order valence-corrected chi connectivity index (χ4v) is 3.25. The van der Waals surface area contributed by atoms with Gasteiger partial charge in [0, 0.05) is 43.1 Å². The van der Waals surface area contributed by atoms with Gasteiger partial charge in [0.1, 0.15) is 0 Å². The van der Waals surface area contributed by atoms with E-state index in [1.165, 1.54) is 0 Å². The van der Waals surface area contributed by atoms with E-state index >= 15 is 0 Å². The van der Waals surface area contributed by atoms with Crippen molar-refractivity contribution in [2.45, 2.75) is 5.03 Å². The third kappa shape index (κ3) is 4.42. The number of nitrogens with zero attached hydrogens (tertiary/aromatic N) is 2. The van der Waals surface area contributed by atoms with Gasteiger partial charge in [0.15, 0.2) is 0 Å². The van der Waals surface area contributed by atoms with E-state index in [2.05, 4.69) is 10.3 Å². The Morgan fingerprint density at radius 2 is 2.28 bits per heavy atom. The maximum Gasteiger partial charge on any atom is 0.317 e. The van der Waals surface area contributed by atoms with Crippen molar-refractivity contribution in [3.63, 3.8) is 0 Å². The molecule has 1 fully saturated rings. The average molecular weight is 283 g/mol. The highest BCUT2D eigenvalue weighted by Crippen LogP contribution is 2.13. The SMILES string of the molecule is O=C(NCCSc1ccccn1)N1CCSCC1. The summed E-state index contributed by atoms with van der Waals surface area (Å²) < 4.78 is 0. The Labute approximate surface area is 116 Å². The quantitative estimate of drug-likeness (QED) is 0.677. The highest BCUT2D eigenvalue weighted by Gasteiger charge is 2.15. The van der Waals surface area contributed by atoms with E-state index in [0.717, 1.165) is 35.4 Å². The fourth-order valence-electron chi connectivity index (χ4n) is 1.62. The van der Waals surface area contributed by atoms with Gasteiger partial charge in [-0.3, -0.25) is 0 Å². The van der Waals surface area contributed by atoms with Gasteiger partial charge in [-0.2, -0.15) is 11.8 Å². The molecule has 0 aliphatic carbocycles. The molecule has 1 aliphatic heterocycles. The molecule has 2 rings (SSSR count). The second-order valence-electron chi connectivity index (χ2n) is 3.85. The maximum atomic E-state index is 11.8.